The van der Waals surface area contributed by atoms with Crippen molar-refractivity contribution in [1.82, 2.24) is 9.80 Å². The molecule has 3 aliphatic carbocycles. The second-order valence-electron chi connectivity index (χ2n) is 10.6. The Morgan fingerprint density at radius 2 is 1.85 bits per heavy atom. The molecule has 1 aromatic rings. The minimum absolute atomic E-state index is 0.0997. The smallest absolute Gasteiger partial charge is 0.312 e. The van der Waals surface area contributed by atoms with Crippen molar-refractivity contribution in [1.29, 1.82) is 0 Å². The summed E-state index contributed by atoms with van der Waals surface area (Å²) in [6.07, 6.45) is 1.68. The van der Waals surface area contributed by atoms with Crippen molar-refractivity contribution in [3.8, 4) is 0 Å². The van der Waals surface area contributed by atoms with E-state index >= 15 is 0 Å². The van der Waals surface area contributed by atoms with Crippen LogP contribution in [0.25, 0.3) is 0 Å². The van der Waals surface area contributed by atoms with Gasteiger partial charge in [0, 0.05) is 25.7 Å². The Labute approximate surface area is 202 Å². The second-order valence-corrected chi connectivity index (χ2v) is 11.0. The monoisotopic (exact) mass is 495 g/mol. The molecular weight excluding hydrogens is 467 g/mol. The highest BCUT2D eigenvalue weighted by molar-refractivity contribution is 6.31. The third kappa shape index (κ3) is 3.92. The van der Waals surface area contributed by atoms with Crippen LogP contribution in [0.4, 0.5) is 23.7 Å². The molecule has 2 aliphatic heterocycles. The van der Waals surface area contributed by atoms with Crippen molar-refractivity contribution < 1.29 is 22.8 Å². The molecular formula is C25H29ClF3N3O2. The molecule has 0 N–H and O–H groups in total. The number of fused-ring (bicyclic) bond motifs is 1. The first-order chi connectivity index (χ1) is 16.0. The summed E-state index contributed by atoms with van der Waals surface area (Å²) in [5, 5.41) is -0.464. The lowest BCUT2D eigenvalue weighted by molar-refractivity contribution is -0.137. The summed E-state index contributed by atoms with van der Waals surface area (Å²) in [5.74, 6) is 0.954. The van der Waals surface area contributed by atoms with Crippen molar-refractivity contribution in [2.75, 3.05) is 31.1 Å². The van der Waals surface area contributed by atoms with Gasteiger partial charge in [-0.15, -0.1) is 0 Å². The van der Waals surface area contributed by atoms with Gasteiger partial charge >= 0.3 is 12.2 Å². The maximum absolute atomic E-state index is 13.3. The molecule has 1 aromatic carbocycles. The number of urea groups is 1. The molecule has 6 rings (SSSR count). The van der Waals surface area contributed by atoms with Crippen LogP contribution in [0.2, 0.25) is 5.02 Å². The Hall–Kier alpha value is -2.06. The molecule has 5 aliphatic rings. The third-order valence-electron chi connectivity index (χ3n) is 8.49. The van der Waals surface area contributed by atoms with Gasteiger partial charge in [-0.1, -0.05) is 37.1 Å². The van der Waals surface area contributed by atoms with Crippen LogP contribution < -0.4 is 4.90 Å². The Kier molecular flexibility index (Phi) is 5.75. The topological polar surface area (TPSA) is 43.9 Å². The number of rotatable bonds is 4. The van der Waals surface area contributed by atoms with Crippen LogP contribution >= 0.6 is 11.6 Å². The van der Waals surface area contributed by atoms with Crippen molar-refractivity contribution >= 4 is 29.2 Å². The van der Waals surface area contributed by atoms with Gasteiger partial charge in [-0.05, 0) is 61.1 Å². The Balaban J connectivity index is 1.22. The Morgan fingerprint density at radius 3 is 2.47 bits per heavy atom. The van der Waals surface area contributed by atoms with Gasteiger partial charge in [0.15, 0.2) is 0 Å². The number of hydrogen-bond donors (Lipinski definition) is 0. The number of halogens is 4. The van der Waals surface area contributed by atoms with E-state index in [1.165, 1.54) is 23.0 Å². The molecule has 3 fully saturated rings. The molecule has 2 saturated heterocycles. The van der Waals surface area contributed by atoms with Crippen LogP contribution in [-0.4, -0.2) is 54.0 Å². The summed E-state index contributed by atoms with van der Waals surface area (Å²) >= 11 is 5.69. The van der Waals surface area contributed by atoms with Crippen LogP contribution in [0, 0.1) is 17.3 Å². The predicted octanol–water partition coefficient (Wildman–Crippen LogP) is 5.58. The number of benzene rings is 1. The van der Waals surface area contributed by atoms with Gasteiger partial charge in [0.1, 0.15) is 6.54 Å². The number of carbonyl (C=O) groups is 2. The first-order valence-electron chi connectivity index (χ1n) is 11.9. The second kappa shape index (κ2) is 8.26. The van der Waals surface area contributed by atoms with Gasteiger partial charge in [0.2, 0.25) is 0 Å². The van der Waals surface area contributed by atoms with Crippen molar-refractivity contribution in [2.45, 2.75) is 51.7 Å². The zero-order valence-corrected chi connectivity index (χ0v) is 20.1. The van der Waals surface area contributed by atoms with E-state index in [2.05, 4.69) is 24.8 Å². The van der Waals surface area contributed by atoms with Gasteiger partial charge in [-0.2, -0.15) is 13.2 Å². The number of amides is 3. The fourth-order valence-corrected chi connectivity index (χ4v) is 6.46. The Bertz CT molecular complexity index is 1050. The highest BCUT2D eigenvalue weighted by atomic mass is 35.5. The number of nitrogens with zero attached hydrogens (tertiary/aromatic N) is 3. The largest absolute Gasteiger partial charge is 0.417 e. The molecule has 5 nitrogen and oxygen atoms in total. The van der Waals surface area contributed by atoms with Crippen molar-refractivity contribution in [3.05, 3.63) is 40.4 Å². The lowest BCUT2D eigenvalue weighted by atomic mass is 9.49. The summed E-state index contributed by atoms with van der Waals surface area (Å²) < 4.78 is 39.8. The number of hydrogen-bond acceptors (Lipinski definition) is 3. The van der Waals surface area contributed by atoms with E-state index in [0.29, 0.717) is 11.3 Å². The number of allylic oxidation sites excluding steroid dienone is 1. The maximum Gasteiger partial charge on any atom is 0.417 e. The zero-order chi connectivity index (χ0) is 24.4. The van der Waals surface area contributed by atoms with Gasteiger partial charge in [0.25, 0.3) is 5.91 Å². The number of piperidine rings is 1. The molecule has 0 unspecified atom stereocenters. The molecule has 0 aromatic heterocycles. The van der Waals surface area contributed by atoms with Crippen LogP contribution in [0.3, 0.4) is 0 Å². The summed E-state index contributed by atoms with van der Waals surface area (Å²) in [6.45, 7) is 7.23. The van der Waals surface area contributed by atoms with Gasteiger partial charge in [-0.25, -0.2) is 9.69 Å². The highest BCUT2D eigenvalue weighted by Gasteiger charge is 2.51. The first-order valence-corrected chi connectivity index (χ1v) is 12.3. The van der Waals surface area contributed by atoms with Crippen molar-refractivity contribution in [2.24, 2.45) is 17.3 Å². The van der Waals surface area contributed by atoms with Gasteiger partial charge in [0.05, 0.1) is 16.3 Å². The molecule has 184 valence electrons. The van der Waals surface area contributed by atoms with Crippen LogP contribution in [0.5, 0.6) is 0 Å². The van der Waals surface area contributed by atoms with E-state index in [1.54, 1.807) is 0 Å². The fourth-order valence-electron chi connectivity index (χ4n) is 6.23. The number of alkyl halides is 3. The maximum atomic E-state index is 13.3. The number of anilines is 1. The number of likely N-dealkylation sites (tertiary alicyclic amines) is 1. The SMILES string of the molecule is CC1(C)[C@H]2CC=C(CN3CCC(N4CC(=O)N(c5ccc(Cl)c(C(F)(F)F)c5)C4=O)CC3)[C@@H]1C2. The number of imide groups is 1. The molecule has 34 heavy (non-hydrogen) atoms. The summed E-state index contributed by atoms with van der Waals surface area (Å²) in [5.41, 5.74) is 0.768. The molecule has 2 atom stereocenters. The number of carbonyl (C=O) groups excluding carboxylic acids is 2. The zero-order valence-electron chi connectivity index (χ0n) is 19.4. The van der Waals surface area contributed by atoms with E-state index < -0.39 is 28.7 Å². The molecule has 2 bridgehead atoms. The first kappa shape index (κ1) is 23.7. The quantitative estimate of drug-likeness (QED) is 0.404. The van der Waals surface area contributed by atoms with Gasteiger partial charge in [-0.3, -0.25) is 9.69 Å². The van der Waals surface area contributed by atoms with Crippen LogP contribution in [-0.2, 0) is 11.0 Å². The minimum Gasteiger partial charge on any atom is -0.312 e. The lowest BCUT2D eigenvalue weighted by Gasteiger charge is -2.57. The van der Waals surface area contributed by atoms with Crippen LogP contribution in [0.15, 0.2) is 29.8 Å². The molecule has 1 saturated carbocycles. The Morgan fingerprint density at radius 1 is 1.15 bits per heavy atom. The van der Waals surface area contributed by atoms with E-state index in [4.69, 9.17) is 11.6 Å². The molecule has 9 heteroatoms. The average Bonchev–Trinajstić information content (AvgIpc) is 3.08. The average molecular weight is 496 g/mol. The lowest BCUT2D eigenvalue weighted by Crippen LogP contribution is -2.51. The third-order valence-corrected chi connectivity index (χ3v) is 8.82. The highest BCUT2D eigenvalue weighted by Crippen LogP contribution is 2.59. The predicted molar refractivity (Wildman–Crippen MR) is 124 cm³/mol. The van der Waals surface area contributed by atoms with E-state index in [0.717, 1.165) is 61.8 Å². The summed E-state index contributed by atoms with van der Waals surface area (Å²) in [4.78, 5) is 30.5. The van der Waals surface area contributed by atoms with Crippen LogP contribution in [0.1, 0.15) is 45.1 Å². The minimum atomic E-state index is -4.67. The van der Waals surface area contributed by atoms with E-state index in [9.17, 15) is 22.8 Å². The summed E-state index contributed by atoms with van der Waals surface area (Å²) in [7, 11) is 0. The molecule has 0 spiro atoms. The molecule has 3 amide bonds. The van der Waals surface area contributed by atoms with Gasteiger partial charge < -0.3 is 4.90 Å². The molecule has 0 radical (unpaired) electrons. The van der Waals surface area contributed by atoms with Crippen molar-refractivity contribution in [3.63, 3.8) is 0 Å². The molecule has 2 heterocycles. The summed E-state index contributed by atoms with van der Waals surface area (Å²) in [6, 6.07) is 2.47. The standard InChI is InChI=1S/C25H29ClF3N3O2/c1-24(2)16-4-3-15(19(24)11-16)13-30-9-7-17(8-10-30)31-14-22(33)32(23(31)34)18-5-6-21(26)20(12-18)25(27,28)29/h3,5-6,12,16-17,19H,4,7-11,13-14H2,1-2H3/t16-,19-/m0/s1. The van der Waals surface area contributed by atoms with E-state index in [-0.39, 0.29) is 18.3 Å². The van der Waals surface area contributed by atoms with E-state index in [1.807, 2.05) is 0 Å². The normalized spacial score (nSPS) is 27.8. The fraction of sp³-hybridized carbons (Fsp3) is 0.600.